The molecule has 1 aromatic carbocycles. The number of fused-ring (bicyclic) bond motifs is 1. The van der Waals surface area contributed by atoms with Gasteiger partial charge in [0.25, 0.3) is 0 Å². The van der Waals surface area contributed by atoms with Gasteiger partial charge in [-0.1, -0.05) is 6.07 Å². The van der Waals surface area contributed by atoms with Gasteiger partial charge in [0.15, 0.2) is 5.96 Å². The Labute approximate surface area is 136 Å². The number of benzene rings is 1. The van der Waals surface area contributed by atoms with E-state index in [4.69, 9.17) is 5.73 Å². The van der Waals surface area contributed by atoms with Crippen molar-refractivity contribution >= 4 is 41.6 Å². The van der Waals surface area contributed by atoms with E-state index in [9.17, 15) is 4.79 Å². The highest BCUT2D eigenvalue weighted by molar-refractivity contribution is 14.0. The molecule has 0 bridgehead atoms. The van der Waals surface area contributed by atoms with Gasteiger partial charge in [-0.15, -0.1) is 24.0 Å². The third kappa shape index (κ3) is 4.66. The Morgan fingerprint density at radius 2 is 2.15 bits per heavy atom. The molecule has 0 aliphatic heterocycles. The van der Waals surface area contributed by atoms with Crippen molar-refractivity contribution in [1.29, 1.82) is 0 Å². The SMILES string of the molecule is COC(=O)CCN=C(N)Nc1ccc2c(c1)CCC2.I. The highest BCUT2D eigenvalue weighted by Crippen LogP contribution is 2.24. The van der Waals surface area contributed by atoms with E-state index < -0.39 is 0 Å². The van der Waals surface area contributed by atoms with Crippen LogP contribution in [0.1, 0.15) is 24.0 Å². The van der Waals surface area contributed by atoms with Crippen LogP contribution < -0.4 is 11.1 Å². The van der Waals surface area contributed by atoms with Gasteiger partial charge in [0.1, 0.15) is 0 Å². The lowest BCUT2D eigenvalue weighted by atomic mass is 10.1. The van der Waals surface area contributed by atoms with Crippen molar-refractivity contribution < 1.29 is 9.53 Å². The molecule has 110 valence electrons. The molecule has 6 heteroatoms. The number of anilines is 1. The lowest BCUT2D eigenvalue weighted by Gasteiger charge is -2.07. The smallest absolute Gasteiger partial charge is 0.307 e. The summed E-state index contributed by atoms with van der Waals surface area (Å²) in [6.07, 6.45) is 3.76. The number of halogens is 1. The normalized spacial score (nSPS) is 13.3. The van der Waals surface area contributed by atoms with Crippen molar-refractivity contribution in [2.24, 2.45) is 10.7 Å². The summed E-state index contributed by atoms with van der Waals surface area (Å²) in [6.45, 7) is 0.330. The third-order valence-corrected chi connectivity index (χ3v) is 3.20. The summed E-state index contributed by atoms with van der Waals surface area (Å²) >= 11 is 0. The number of nitrogens with zero attached hydrogens (tertiary/aromatic N) is 1. The third-order valence-electron chi connectivity index (χ3n) is 3.20. The zero-order valence-corrected chi connectivity index (χ0v) is 13.8. The van der Waals surface area contributed by atoms with Gasteiger partial charge in [0, 0.05) is 5.69 Å². The lowest BCUT2D eigenvalue weighted by Crippen LogP contribution is -2.23. The number of nitrogens with two attached hydrogens (primary N) is 1. The Balaban J connectivity index is 0.00000200. The number of methoxy groups -OCH3 is 1. The summed E-state index contributed by atoms with van der Waals surface area (Å²) in [5.74, 6) is 0.0379. The van der Waals surface area contributed by atoms with Crippen LogP contribution in [0, 0.1) is 0 Å². The summed E-state index contributed by atoms with van der Waals surface area (Å²) in [7, 11) is 1.36. The van der Waals surface area contributed by atoms with Crippen molar-refractivity contribution in [2.45, 2.75) is 25.7 Å². The fourth-order valence-corrected chi connectivity index (χ4v) is 2.21. The van der Waals surface area contributed by atoms with E-state index in [0.717, 1.165) is 18.5 Å². The van der Waals surface area contributed by atoms with Crippen molar-refractivity contribution in [2.75, 3.05) is 19.0 Å². The van der Waals surface area contributed by atoms with Crippen LogP contribution in [0.15, 0.2) is 23.2 Å². The van der Waals surface area contributed by atoms with Gasteiger partial charge >= 0.3 is 5.97 Å². The topological polar surface area (TPSA) is 76.7 Å². The van der Waals surface area contributed by atoms with Gasteiger partial charge in [-0.2, -0.15) is 0 Å². The van der Waals surface area contributed by atoms with Crippen molar-refractivity contribution in [1.82, 2.24) is 0 Å². The minimum absolute atomic E-state index is 0. The Morgan fingerprint density at radius 1 is 1.40 bits per heavy atom. The number of esters is 1. The molecule has 5 nitrogen and oxygen atoms in total. The zero-order valence-electron chi connectivity index (χ0n) is 11.5. The van der Waals surface area contributed by atoms with Gasteiger partial charge in [0.05, 0.1) is 20.1 Å². The number of hydrogen-bond acceptors (Lipinski definition) is 3. The molecule has 3 N–H and O–H groups in total. The highest BCUT2D eigenvalue weighted by Gasteiger charge is 2.10. The molecule has 0 saturated carbocycles. The molecular formula is C14H20IN3O2. The van der Waals surface area contributed by atoms with Crippen molar-refractivity contribution in [3.05, 3.63) is 29.3 Å². The number of hydrogen-bond donors (Lipinski definition) is 2. The molecule has 20 heavy (non-hydrogen) atoms. The first-order valence-corrected chi connectivity index (χ1v) is 6.44. The number of ether oxygens (including phenoxy) is 1. The Hall–Kier alpha value is -1.31. The number of nitrogens with one attached hydrogen (secondary N) is 1. The Bertz CT molecular complexity index is 503. The van der Waals surface area contributed by atoms with E-state index in [1.807, 2.05) is 6.07 Å². The number of carbonyl (C=O) groups is 1. The largest absolute Gasteiger partial charge is 0.469 e. The maximum Gasteiger partial charge on any atom is 0.307 e. The zero-order chi connectivity index (χ0) is 13.7. The van der Waals surface area contributed by atoms with Gasteiger partial charge < -0.3 is 15.8 Å². The molecule has 0 aromatic heterocycles. The maximum atomic E-state index is 10.9. The van der Waals surface area contributed by atoms with Gasteiger partial charge in [-0.3, -0.25) is 9.79 Å². The van der Waals surface area contributed by atoms with Crippen molar-refractivity contribution in [3.63, 3.8) is 0 Å². The van der Waals surface area contributed by atoms with Crippen LogP contribution in [-0.2, 0) is 22.4 Å². The molecule has 0 spiro atoms. The molecule has 0 saturated heterocycles. The average Bonchev–Trinajstić information content (AvgIpc) is 2.85. The second kappa shape index (κ2) is 8.08. The van der Waals surface area contributed by atoms with Gasteiger partial charge in [-0.25, -0.2) is 0 Å². The Morgan fingerprint density at radius 3 is 2.90 bits per heavy atom. The van der Waals surface area contributed by atoms with Crippen molar-refractivity contribution in [3.8, 4) is 0 Å². The van der Waals surface area contributed by atoms with Crippen LogP contribution in [0.3, 0.4) is 0 Å². The number of rotatable bonds is 4. The first-order chi connectivity index (χ1) is 9.19. The molecule has 0 radical (unpaired) electrons. The molecule has 0 heterocycles. The summed E-state index contributed by atoms with van der Waals surface area (Å²) in [4.78, 5) is 15.0. The summed E-state index contributed by atoms with van der Waals surface area (Å²) in [5, 5.41) is 3.04. The average molecular weight is 389 g/mol. The second-order valence-corrected chi connectivity index (χ2v) is 4.56. The lowest BCUT2D eigenvalue weighted by molar-refractivity contribution is -0.140. The minimum Gasteiger partial charge on any atom is -0.469 e. The fraction of sp³-hybridized carbons (Fsp3) is 0.429. The predicted molar refractivity (Wildman–Crippen MR) is 90.6 cm³/mol. The second-order valence-electron chi connectivity index (χ2n) is 4.56. The standard InChI is InChI=1S/C14H19N3O2.HI/c1-19-13(18)7-8-16-14(15)17-12-6-5-10-3-2-4-11(10)9-12;/h5-6,9H,2-4,7-8H2,1H3,(H3,15,16,17);1H. The minimum atomic E-state index is -0.283. The molecule has 0 atom stereocenters. The summed E-state index contributed by atoms with van der Waals surface area (Å²) in [5.41, 5.74) is 9.51. The van der Waals surface area contributed by atoms with E-state index in [0.29, 0.717) is 12.5 Å². The first kappa shape index (κ1) is 16.7. The van der Waals surface area contributed by atoms with E-state index in [1.54, 1.807) is 0 Å². The predicted octanol–water partition coefficient (Wildman–Crippen LogP) is 2.08. The van der Waals surface area contributed by atoms with Crippen LogP contribution in [0.4, 0.5) is 5.69 Å². The highest BCUT2D eigenvalue weighted by atomic mass is 127. The van der Waals surface area contributed by atoms with Crippen LogP contribution in [-0.4, -0.2) is 25.6 Å². The van der Waals surface area contributed by atoms with Crippen LogP contribution in [0.2, 0.25) is 0 Å². The van der Waals surface area contributed by atoms with Crippen LogP contribution in [0.5, 0.6) is 0 Å². The number of guanidine groups is 1. The van der Waals surface area contributed by atoms with E-state index in [2.05, 4.69) is 27.2 Å². The Kier molecular flexibility index (Phi) is 6.77. The summed E-state index contributed by atoms with van der Waals surface area (Å²) < 4.78 is 4.53. The van der Waals surface area contributed by atoms with Crippen LogP contribution >= 0.6 is 24.0 Å². The van der Waals surface area contributed by atoms with E-state index >= 15 is 0 Å². The maximum absolute atomic E-state index is 10.9. The van der Waals surface area contributed by atoms with Crippen LogP contribution in [0.25, 0.3) is 0 Å². The monoisotopic (exact) mass is 389 g/mol. The first-order valence-electron chi connectivity index (χ1n) is 6.44. The molecule has 0 fully saturated rings. The molecule has 0 amide bonds. The number of aliphatic imine (C=N–C) groups is 1. The summed E-state index contributed by atoms with van der Waals surface area (Å²) in [6, 6.07) is 6.25. The molecule has 1 aliphatic carbocycles. The quantitative estimate of drug-likeness (QED) is 0.358. The van der Waals surface area contributed by atoms with E-state index in [-0.39, 0.29) is 36.4 Å². The van der Waals surface area contributed by atoms with Gasteiger partial charge in [0.2, 0.25) is 0 Å². The molecule has 2 rings (SSSR count). The van der Waals surface area contributed by atoms with Gasteiger partial charge in [-0.05, 0) is 42.5 Å². The molecule has 0 unspecified atom stereocenters. The number of aryl methyl sites for hydroxylation is 2. The van der Waals surface area contributed by atoms with E-state index in [1.165, 1.54) is 24.7 Å². The molecule has 1 aromatic rings. The number of carbonyl (C=O) groups excluding carboxylic acids is 1. The molecular weight excluding hydrogens is 369 g/mol. The molecule has 1 aliphatic rings. The fourth-order valence-electron chi connectivity index (χ4n) is 2.21.